The van der Waals surface area contributed by atoms with Crippen LogP contribution in [0.4, 0.5) is 5.69 Å². The predicted molar refractivity (Wildman–Crippen MR) is 78.6 cm³/mol. The molecular weight excluding hydrogens is 226 g/mol. The number of aryl methyl sites for hydroxylation is 3. The second-order valence-corrected chi connectivity index (χ2v) is 6.51. The van der Waals surface area contributed by atoms with E-state index in [9.17, 15) is 0 Å². The van der Waals surface area contributed by atoms with Crippen molar-refractivity contribution in [3.63, 3.8) is 0 Å². The summed E-state index contributed by atoms with van der Waals surface area (Å²) in [5.41, 5.74) is 6.90. The maximum Gasteiger partial charge on any atom is 0.0812 e. The minimum absolute atomic E-state index is 0.509. The van der Waals surface area contributed by atoms with Gasteiger partial charge in [-0.25, -0.2) is 0 Å². The van der Waals surface area contributed by atoms with Gasteiger partial charge in [0.05, 0.1) is 5.37 Å². The number of rotatable bonds is 1. The summed E-state index contributed by atoms with van der Waals surface area (Å²) < 4.78 is 0. The van der Waals surface area contributed by atoms with Crippen LogP contribution < -0.4 is 4.90 Å². The zero-order chi connectivity index (χ0) is 12.7. The molecule has 1 unspecified atom stereocenters. The van der Waals surface area contributed by atoms with Gasteiger partial charge in [0.25, 0.3) is 0 Å². The lowest BCUT2D eigenvalue weighted by Crippen LogP contribution is -2.26. The number of anilines is 1. The average Bonchev–Trinajstić information content (AvgIpc) is 2.43. The highest BCUT2D eigenvalue weighted by Gasteiger charge is 2.27. The van der Waals surface area contributed by atoms with Crippen molar-refractivity contribution in [3.8, 4) is 0 Å². The summed E-state index contributed by atoms with van der Waals surface area (Å²) in [4.78, 5) is 3.92. The molecule has 1 aliphatic heterocycles. The van der Waals surface area contributed by atoms with Crippen LogP contribution in [0.3, 0.4) is 0 Å². The van der Waals surface area contributed by atoms with Crippen LogP contribution in [0.1, 0.15) is 37.5 Å². The van der Waals surface area contributed by atoms with Gasteiger partial charge in [-0.15, -0.1) is 11.8 Å². The van der Waals surface area contributed by atoms with Crippen LogP contribution in [0.15, 0.2) is 22.7 Å². The highest BCUT2D eigenvalue weighted by molar-refractivity contribution is 8.04. The van der Waals surface area contributed by atoms with Crippen molar-refractivity contribution >= 4 is 17.4 Å². The van der Waals surface area contributed by atoms with E-state index in [2.05, 4.69) is 58.6 Å². The molecule has 0 fully saturated rings. The van der Waals surface area contributed by atoms with E-state index in [4.69, 9.17) is 0 Å². The highest BCUT2D eigenvalue weighted by atomic mass is 32.2. The first-order valence-corrected chi connectivity index (χ1v) is 7.01. The molecule has 1 aromatic rings. The summed E-state index contributed by atoms with van der Waals surface area (Å²) >= 11 is 1.96. The highest BCUT2D eigenvalue weighted by Crippen LogP contribution is 2.42. The smallest absolute Gasteiger partial charge is 0.0812 e. The molecular formula is C15H21NS. The van der Waals surface area contributed by atoms with Gasteiger partial charge in [0, 0.05) is 16.3 Å². The fourth-order valence-corrected chi connectivity index (χ4v) is 3.89. The normalized spacial score (nSPS) is 20.4. The molecule has 92 valence electrons. The van der Waals surface area contributed by atoms with Crippen molar-refractivity contribution in [3.05, 3.63) is 39.4 Å². The van der Waals surface area contributed by atoms with Gasteiger partial charge in [0.2, 0.25) is 0 Å². The average molecular weight is 247 g/mol. The van der Waals surface area contributed by atoms with Crippen LogP contribution in [0.25, 0.3) is 0 Å². The van der Waals surface area contributed by atoms with Gasteiger partial charge < -0.3 is 4.90 Å². The fourth-order valence-electron chi connectivity index (χ4n) is 2.74. The Balaban J connectivity index is 2.55. The van der Waals surface area contributed by atoms with Gasteiger partial charge in [-0.2, -0.15) is 0 Å². The molecule has 1 atom stereocenters. The molecule has 2 rings (SSSR count). The molecule has 0 bridgehead atoms. The first-order valence-electron chi connectivity index (χ1n) is 6.13. The molecule has 0 N–H and O–H groups in total. The van der Waals surface area contributed by atoms with E-state index in [0.29, 0.717) is 5.37 Å². The summed E-state index contributed by atoms with van der Waals surface area (Å²) in [6.45, 7) is 13.3. The predicted octanol–water partition coefficient (Wildman–Crippen LogP) is 4.76. The Labute approximate surface area is 109 Å². The summed E-state index contributed by atoms with van der Waals surface area (Å²) in [7, 11) is 0. The van der Waals surface area contributed by atoms with Gasteiger partial charge in [0.1, 0.15) is 0 Å². The van der Waals surface area contributed by atoms with E-state index in [1.165, 1.54) is 33.0 Å². The van der Waals surface area contributed by atoms with E-state index < -0.39 is 0 Å². The van der Waals surface area contributed by atoms with Gasteiger partial charge >= 0.3 is 0 Å². The molecule has 1 nitrogen and oxygen atoms in total. The monoisotopic (exact) mass is 247 g/mol. The standard InChI is InChI=1S/C15H21NS/c1-9-7-10(2)15(11(3)8-9)16-12(4)13(5)17-14(16)6/h7-8,14H,1-6H3. The third kappa shape index (κ3) is 2.11. The maximum absolute atomic E-state index is 2.48. The van der Waals surface area contributed by atoms with Crippen LogP contribution in [-0.2, 0) is 0 Å². The molecule has 0 aromatic heterocycles. The van der Waals surface area contributed by atoms with E-state index in [1.807, 2.05) is 11.8 Å². The van der Waals surface area contributed by atoms with Crippen molar-refractivity contribution in [1.82, 2.24) is 0 Å². The van der Waals surface area contributed by atoms with E-state index in [1.54, 1.807) is 0 Å². The first kappa shape index (κ1) is 12.6. The molecule has 0 aliphatic carbocycles. The number of hydrogen-bond donors (Lipinski definition) is 0. The van der Waals surface area contributed by atoms with Gasteiger partial charge in [-0.05, 0) is 52.7 Å². The van der Waals surface area contributed by atoms with E-state index in [-0.39, 0.29) is 0 Å². The molecule has 0 spiro atoms. The molecule has 0 saturated carbocycles. The van der Waals surface area contributed by atoms with Crippen molar-refractivity contribution in [2.75, 3.05) is 4.90 Å². The lowest BCUT2D eigenvalue weighted by atomic mass is 10.0. The number of benzene rings is 1. The third-order valence-corrected chi connectivity index (χ3v) is 4.66. The van der Waals surface area contributed by atoms with E-state index in [0.717, 1.165) is 0 Å². The van der Waals surface area contributed by atoms with Crippen LogP contribution in [0, 0.1) is 20.8 Å². The number of hydrogen-bond acceptors (Lipinski definition) is 2. The second kappa shape index (κ2) is 4.41. The van der Waals surface area contributed by atoms with Crippen LogP contribution in [0.5, 0.6) is 0 Å². The Morgan fingerprint density at radius 1 is 1.00 bits per heavy atom. The van der Waals surface area contributed by atoms with Crippen molar-refractivity contribution < 1.29 is 0 Å². The van der Waals surface area contributed by atoms with Crippen LogP contribution >= 0.6 is 11.8 Å². The van der Waals surface area contributed by atoms with Gasteiger partial charge in [-0.1, -0.05) is 17.7 Å². The van der Waals surface area contributed by atoms with Crippen molar-refractivity contribution in [2.45, 2.75) is 46.9 Å². The minimum atomic E-state index is 0.509. The Morgan fingerprint density at radius 2 is 1.53 bits per heavy atom. The Hall–Kier alpha value is -0.890. The summed E-state index contributed by atoms with van der Waals surface area (Å²) in [6.07, 6.45) is 0. The van der Waals surface area contributed by atoms with Crippen molar-refractivity contribution in [2.24, 2.45) is 0 Å². The van der Waals surface area contributed by atoms with Crippen LogP contribution in [-0.4, -0.2) is 5.37 Å². The summed E-state index contributed by atoms with van der Waals surface area (Å²) in [6, 6.07) is 4.56. The quantitative estimate of drug-likeness (QED) is 0.703. The lowest BCUT2D eigenvalue weighted by molar-refractivity contribution is 0.905. The fraction of sp³-hybridized carbons (Fsp3) is 0.467. The first-order chi connectivity index (χ1) is 7.91. The molecule has 1 heterocycles. The third-order valence-electron chi connectivity index (χ3n) is 3.46. The Kier molecular flexibility index (Phi) is 3.26. The molecule has 17 heavy (non-hydrogen) atoms. The van der Waals surface area contributed by atoms with Gasteiger partial charge in [-0.3, -0.25) is 0 Å². The molecule has 0 amide bonds. The molecule has 0 radical (unpaired) electrons. The lowest BCUT2D eigenvalue weighted by Gasteiger charge is -2.29. The maximum atomic E-state index is 2.48. The number of allylic oxidation sites excluding steroid dienone is 2. The largest absolute Gasteiger partial charge is 0.332 e. The zero-order valence-electron chi connectivity index (χ0n) is 11.6. The molecule has 1 aliphatic rings. The molecule has 1 aromatic carbocycles. The Bertz CT molecular complexity index is 465. The molecule has 2 heteroatoms. The van der Waals surface area contributed by atoms with Crippen LogP contribution in [0.2, 0.25) is 0 Å². The van der Waals surface area contributed by atoms with Crippen molar-refractivity contribution in [1.29, 1.82) is 0 Å². The zero-order valence-corrected chi connectivity index (χ0v) is 12.4. The second-order valence-electron chi connectivity index (χ2n) is 4.98. The summed E-state index contributed by atoms with van der Waals surface area (Å²) in [5.74, 6) is 0. The van der Waals surface area contributed by atoms with Gasteiger partial charge in [0.15, 0.2) is 0 Å². The Morgan fingerprint density at radius 3 is 1.94 bits per heavy atom. The SMILES string of the molecule is CC1=C(C)N(c2c(C)cc(C)cc2C)C(C)S1. The minimum Gasteiger partial charge on any atom is -0.332 e. The topological polar surface area (TPSA) is 3.24 Å². The number of thioether (sulfide) groups is 1. The number of nitrogens with zero attached hydrogens (tertiary/aromatic N) is 1. The van der Waals surface area contributed by atoms with E-state index >= 15 is 0 Å². The summed E-state index contributed by atoms with van der Waals surface area (Å²) in [5, 5.41) is 0.509. The molecule has 0 saturated heterocycles.